The number of rotatable bonds is 3. The summed E-state index contributed by atoms with van der Waals surface area (Å²) in [6.07, 6.45) is 3.83. The van der Waals surface area contributed by atoms with Crippen LogP contribution in [0.4, 0.5) is 0 Å². The molecule has 0 unspecified atom stereocenters. The lowest BCUT2D eigenvalue weighted by Crippen LogP contribution is -2.31. The SMILES string of the molecule is COC(=O)C(C)(C)c1ncc(C2CCOCC2)[nH]1. The lowest BCUT2D eigenvalue weighted by molar-refractivity contribution is -0.146. The number of nitrogens with one attached hydrogen (secondary N) is 1. The Labute approximate surface area is 107 Å². The van der Waals surface area contributed by atoms with Crippen LogP contribution in [0.2, 0.25) is 0 Å². The Bertz CT molecular complexity index is 420. The average Bonchev–Trinajstić information content (AvgIpc) is 2.89. The molecule has 0 amide bonds. The summed E-state index contributed by atoms with van der Waals surface area (Å²) in [4.78, 5) is 19.3. The van der Waals surface area contributed by atoms with Gasteiger partial charge >= 0.3 is 5.97 Å². The van der Waals surface area contributed by atoms with Crippen molar-refractivity contribution in [1.82, 2.24) is 9.97 Å². The maximum atomic E-state index is 11.7. The molecular formula is C13H20N2O3. The second-order valence-electron chi connectivity index (χ2n) is 5.19. The summed E-state index contributed by atoms with van der Waals surface area (Å²) in [5.41, 5.74) is 0.350. The number of imidazole rings is 1. The van der Waals surface area contributed by atoms with Crippen LogP contribution in [0.1, 0.15) is 44.1 Å². The van der Waals surface area contributed by atoms with Gasteiger partial charge in [0.1, 0.15) is 11.2 Å². The molecule has 1 N–H and O–H groups in total. The van der Waals surface area contributed by atoms with Gasteiger partial charge in [0.05, 0.1) is 7.11 Å². The highest BCUT2D eigenvalue weighted by Crippen LogP contribution is 2.28. The van der Waals surface area contributed by atoms with E-state index in [1.807, 2.05) is 20.0 Å². The quantitative estimate of drug-likeness (QED) is 0.832. The van der Waals surface area contributed by atoms with Crippen molar-refractivity contribution in [2.75, 3.05) is 20.3 Å². The van der Waals surface area contributed by atoms with Crippen molar-refractivity contribution < 1.29 is 14.3 Å². The maximum absolute atomic E-state index is 11.7. The fourth-order valence-corrected chi connectivity index (χ4v) is 2.22. The van der Waals surface area contributed by atoms with Crippen molar-refractivity contribution in [2.24, 2.45) is 0 Å². The minimum Gasteiger partial charge on any atom is -0.468 e. The van der Waals surface area contributed by atoms with E-state index in [2.05, 4.69) is 9.97 Å². The predicted molar refractivity (Wildman–Crippen MR) is 66.4 cm³/mol. The molecule has 100 valence electrons. The normalized spacial score (nSPS) is 17.7. The Balaban J connectivity index is 2.16. The van der Waals surface area contributed by atoms with E-state index < -0.39 is 5.41 Å². The molecule has 1 fully saturated rings. The summed E-state index contributed by atoms with van der Waals surface area (Å²) in [7, 11) is 1.40. The molecule has 0 radical (unpaired) electrons. The first-order valence-electron chi connectivity index (χ1n) is 6.27. The third-order valence-electron chi connectivity index (χ3n) is 3.54. The summed E-state index contributed by atoms with van der Waals surface area (Å²) in [5, 5.41) is 0. The largest absolute Gasteiger partial charge is 0.468 e. The first kappa shape index (κ1) is 13.1. The van der Waals surface area contributed by atoms with Gasteiger partial charge < -0.3 is 14.5 Å². The van der Waals surface area contributed by atoms with Crippen molar-refractivity contribution in [3.63, 3.8) is 0 Å². The molecule has 0 saturated carbocycles. The van der Waals surface area contributed by atoms with Crippen molar-refractivity contribution in [1.29, 1.82) is 0 Å². The molecule has 18 heavy (non-hydrogen) atoms. The molecule has 2 rings (SSSR count). The van der Waals surface area contributed by atoms with E-state index in [4.69, 9.17) is 9.47 Å². The van der Waals surface area contributed by atoms with Gasteiger partial charge in [-0.3, -0.25) is 4.79 Å². The smallest absolute Gasteiger partial charge is 0.318 e. The van der Waals surface area contributed by atoms with Gasteiger partial charge in [-0.1, -0.05) is 0 Å². The van der Waals surface area contributed by atoms with Gasteiger partial charge in [0.25, 0.3) is 0 Å². The molecule has 1 aliphatic heterocycles. The van der Waals surface area contributed by atoms with Crippen molar-refractivity contribution in [3.8, 4) is 0 Å². The molecule has 0 aliphatic carbocycles. The highest BCUT2D eigenvalue weighted by molar-refractivity contribution is 5.80. The van der Waals surface area contributed by atoms with Crippen LogP contribution in [-0.2, 0) is 19.7 Å². The van der Waals surface area contributed by atoms with E-state index >= 15 is 0 Å². The van der Waals surface area contributed by atoms with Crippen LogP contribution in [0, 0.1) is 0 Å². The van der Waals surface area contributed by atoms with Gasteiger partial charge in [-0.15, -0.1) is 0 Å². The second kappa shape index (κ2) is 5.10. The number of ether oxygens (including phenoxy) is 2. The topological polar surface area (TPSA) is 64.2 Å². The zero-order chi connectivity index (χ0) is 13.2. The second-order valence-corrected chi connectivity index (χ2v) is 5.19. The van der Waals surface area contributed by atoms with Gasteiger partial charge in [-0.05, 0) is 26.7 Å². The van der Waals surface area contributed by atoms with Crippen LogP contribution >= 0.6 is 0 Å². The number of esters is 1. The summed E-state index contributed by atoms with van der Waals surface area (Å²) in [6, 6.07) is 0. The van der Waals surface area contributed by atoms with E-state index in [0.29, 0.717) is 11.7 Å². The number of carbonyl (C=O) groups excluding carboxylic acids is 1. The van der Waals surface area contributed by atoms with Crippen LogP contribution in [0.15, 0.2) is 6.20 Å². The number of carbonyl (C=O) groups is 1. The highest BCUT2D eigenvalue weighted by atomic mass is 16.5. The van der Waals surface area contributed by atoms with E-state index in [9.17, 15) is 4.79 Å². The maximum Gasteiger partial charge on any atom is 0.318 e. The van der Waals surface area contributed by atoms with Gasteiger partial charge in [0.15, 0.2) is 0 Å². The van der Waals surface area contributed by atoms with Crippen LogP contribution in [-0.4, -0.2) is 36.3 Å². The van der Waals surface area contributed by atoms with Gasteiger partial charge in [-0.2, -0.15) is 0 Å². The van der Waals surface area contributed by atoms with Crippen molar-refractivity contribution >= 4 is 5.97 Å². The van der Waals surface area contributed by atoms with Crippen molar-refractivity contribution in [3.05, 3.63) is 17.7 Å². The molecule has 1 aliphatic rings. The first-order chi connectivity index (χ1) is 8.55. The van der Waals surface area contributed by atoms with Crippen LogP contribution in [0.3, 0.4) is 0 Å². The van der Waals surface area contributed by atoms with Gasteiger partial charge in [-0.25, -0.2) is 4.98 Å². The minimum atomic E-state index is -0.738. The Morgan fingerprint density at radius 1 is 1.50 bits per heavy atom. The summed E-state index contributed by atoms with van der Waals surface area (Å²) >= 11 is 0. The number of methoxy groups -OCH3 is 1. The zero-order valence-electron chi connectivity index (χ0n) is 11.2. The Hall–Kier alpha value is -1.36. The number of H-pyrrole nitrogens is 1. The lowest BCUT2D eigenvalue weighted by atomic mass is 9.92. The van der Waals surface area contributed by atoms with Crippen molar-refractivity contribution in [2.45, 2.75) is 38.0 Å². The number of hydrogen-bond acceptors (Lipinski definition) is 4. The highest BCUT2D eigenvalue weighted by Gasteiger charge is 2.34. The third-order valence-corrected chi connectivity index (χ3v) is 3.54. The molecule has 0 aromatic carbocycles. The Morgan fingerprint density at radius 3 is 2.78 bits per heavy atom. The Morgan fingerprint density at radius 2 is 2.17 bits per heavy atom. The number of aromatic nitrogens is 2. The van der Waals surface area contributed by atoms with Crippen LogP contribution in [0.25, 0.3) is 0 Å². The molecule has 1 saturated heterocycles. The molecule has 1 aromatic rings. The minimum absolute atomic E-state index is 0.282. The third kappa shape index (κ3) is 2.41. The monoisotopic (exact) mass is 252 g/mol. The molecule has 2 heterocycles. The average molecular weight is 252 g/mol. The molecule has 1 aromatic heterocycles. The first-order valence-corrected chi connectivity index (χ1v) is 6.27. The van der Waals surface area contributed by atoms with E-state index in [1.165, 1.54) is 7.11 Å². The number of hydrogen-bond donors (Lipinski definition) is 1. The predicted octanol–water partition coefficient (Wildman–Crippen LogP) is 1.75. The van der Waals surface area contributed by atoms with Crippen LogP contribution < -0.4 is 0 Å². The molecular weight excluding hydrogens is 232 g/mol. The van der Waals surface area contributed by atoms with E-state index in [0.717, 1.165) is 31.7 Å². The van der Waals surface area contributed by atoms with Crippen LogP contribution in [0.5, 0.6) is 0 Å². The molecule has 5 heteroatoms. The summed E-state index contributed by atoms with van der Waals surface area (Å²) in [6.45, 7) is 5.20. The van der Waals surface area contributed by atoms with E-state index in [-0.39, 0.29) is 5.97 Å². The van der Waals surface area contributed by atoms with Gasteiger partial charge in [0, 0.05) is 31.0 Å². The number of aromatic amines is 1. The standard InChI is InChI=1S/C13H20N2O3/c1-13(2,12(16)17-3)11-14-8-10(15-11)9-4-6-18-7-5-9/h8-9H,4-7H2,1-3H3,(H,14,15). The molecule has 0 bridgehead atoms. The fourth-order valence-electron chi connectivity index (χ4n) is 2.22. The molecule has 0 atom stereocenters. The Kier molecular flexibility index (Phi) is 3.71. The summed E-state index contributed by atoms with van der Waals surface area (Å²) in [5.74, 6) is 0.833. The summed E-state index contributed by atoms with van der Waals surface area (Å²) < 4.78 is 10.1. The van der Waals surface area contributed by atoms with E-state index in [1.54, 1.807) is 0 Å². The molecule has 0 spiro atoms. The zero-order valence-corrected chi connectivity index (χ0v) is 11.2. The lowest BCUT2D eigenvalue weighted by Gasteiger charge is -2.21. The fraction of sp³-hybridized carbons (Fsp3) is 0.692. The van der Waals surface area contributed by atoms with Gasteiger partial charge in [0.2, 0.25) is 0 Å². The molecule has 5 nitrogen and oxygen atoms in total. The number of nitrogens with zero attached hydrogens (tertiary/aromatic N) is 1.